The molecule has 0 bridgehead atoms. The summed E-state index contributed by atoms with van der Waals surface area (Å²) in [7, 11) is 2.49. The normalized spacial score (nSPS) is 13.4. The number of hydrogen-bond acceptors (Lipinski definition) is 0. The van der Waals surface area contributed by atoms with Crippen LogP contribution in [-0.4, -0.2) is 13.4 Å². The van der Waals surface area contributed by atoms with Crippen LogP contribution in [0.4, 0.5) is 0 Å². The van der Waals surface area contributed by atoms with Gasteiger partial charge in [0.1, 0.15) is 0 Å². The molecule has 0 aliphatic rings. The van der Waals surface area contributed by atoms with E-state index in [2.05, 4.69) is 312 Å². The Morgan fingerprint density at radius 3 is 0.613 bits per heavy atom. The van der Waals surface area contributed by atoms with Crippen molar-refractivity contribution in [3.8, 4) is 0 Å². The van der Waals surface area contributed by atoms with Crippen molar-refractivity contribution >= 4 is 94.1 Å². The molecular weight excluding hydrogens is 996 g/mol. The van der Waals surface area contributed by atoms with E-state index in [4.69, 9.17) is 0 Å². The van der Waals surface area contributed by atoms with Gasteiger partial charge >= 0.3 is 0 Å². The minimum atomic E-state index is -0.0311. The summed E-state index contributed by atoms with van der Waals surface area (Å²) in [5, 5.41) is 8.04. The second kappa shape index (κ2) is 21.6. The molecule has 0 aliphatic carbocycles. The molecule has 8 rings (SSSR count). The van der Waals surface area contributed by atoms with E-state index in [0.29, 0.717) is 0 Å². The van der Waals surface area contributed by atoms with Crippen molar-refractivity contribution in [2.24, 2.45) is 0 Å². The first-order valence-corrected chi connectivity index (χ1v) is 32.3. The quantitative estimate of drug-likeness (QED) is 0.105. The number of benzene rings is 8. The highest BCUT2D eigenvalue weighted by Gasteiger charge is 2.34. The van der Waals surface area contributed by atoms with E-state index >= 15 is 0 Å². The van der Waals surface area contributed by atoms with Crippen molar-refractivity contribution < 1.29 is 0 Å². The fourth-order valence-electron chi connectivity index (χ4n) is 11.3. The molecule has 0 aliphatic heterocycles. The summed E-state index contributed by atoms with van der Waals surface area (Å²) < 4.78 is 0. The molecule has 0 unspecified atom stereocenters. The van der Waals surface area contributed by atoms with Crippen LogP contribution in [0.2, 0.25) is 0 Å². The van der Waals surface area contributed by atoms with E-state index in [1.54, 1.807) is 0 Å². The van der Waals surface area contributed by atoms with Crippen LogP contribution in [-0.2, 0) is 43.3 Å². The van der Waals surface area contributed by atoms with E-state index in [0.717, 1.165) is 0 Å². The molecule has 0 spiro atoms. The van der Waals surface area contributed by atoms with E-state index in [9.17, 15) is 0 Å². The molecule has 0 heterocycles. The van der Waals surface area contributed by atoms with Crippen molar-refractivity contribution in [3.05, 3.63) is 190 Å². The summed E-state index contributed by atoms with van der Waals surface area (Å²) in [6.45, 7) is 57.0. The highest BCUT2D eigenvalue weighted by atomic mass is 31.7. The van der Waals surface area contributed by atoms with Crippen molar-refractivity contribution in [1.82, 2.24) is 0 Å². The molecular formula is C76H96B2P2. The molecule has 0 fully saturated rings. The van der Waals surface area contributed by atoms with Gasteiger partial charge in [0.25, 0.3) is 0 Å². The molecule has 4 heteroatoms. The summed E-state index contributed by atoms with van der Waals surface area (Å²) >= 11 is 0. The molecule has 0 saturated heterocycles. The highest BCUT2D eigenvalue weighted by molar-refractivity contribution is 7.91. The minimum absolute atomic E-state index is 0.00728. The third kappa shape index (κ3) is 13.4. The molecule has 0 atom stereocenters. The summed E-state index contributed by atoms with van der Waals surface area (Å²) in [5.74, 6) is 0. The van der Waals surface area contributed by atoms with Crippen LogP contribution in [0.1, 0.15) is 211 Å². The van der Waals surface area contributed by atoms with Crippen LogP contribution in [0.15, 0.2) is 146 Å². The lowest BCUT2D eigenvalue weighted by Crippen LogP contribution is -2.54. The fourth-order valence-corrected chi connectivity index (χ4v) is 14.2. The predicted molar refractivity (Wildman–Crippen MR) is 366 cm³/mol. The Balaban J connectivity index is 1.44. The first-order chi connectivity index (χ1) is 36.7. The van der Waals surface area contributed by atoms with Crippen LogP contribution < -0.4 is 43.4 Å². The molecule has 8 aromatic rings. The van der Waals surface area contributed by atoms with Gasteiger partial charge in [0, 0.05) is 10.6 Å². The molecule has 0 amide bonds. The largest absolute Gasteiger partial charge is 0.242 e. The standard InChI is InChI=1S/C76H96B2P2/c1-69(2,3)51-37-52(70(4,5)6)42-59(41-51)77(60-43-53(71(7,8)9)38-54(44-60)72(10,11)12)63-33-25-29-49-31-27-35-65(67(49)63)79-80-66-36-28-32-50-30-26-34-64(68(50)66)78(61-45-55(73(13,14)15)39-56(46-61)74(16,17)18)62-47-57(75(19,20)21)40-58(48-62)76(22,23)24/h25-48H,1-24H3. The molecule has 0 aromatic heterocycles. The third-order valence-electron chi connectivity index (χ3n) is 16.8. The van der Waals surface area contributed by atoms with E-state index in [1.807, 2.05) is 0 Å². The molecule has 8 aromatic carbocycles. The van der Waals surface area contributed by atoms with Gasteiger partial charge in [-0.15, -0.1) is 0 Å². The van der Waals surface area contributed by atoms with Gasteiger partial charge in [-0.05, 0) is 137 Å². The van der Waals surface area contributed by atoms with Crippen molar-refractivity contribution in [2.45, 2.75) is 209 Å². The Hall–Kier alpha value is -4.99. The Labute approximate surface area is 490 Å². The topological polar surface area (TPSA) is 0 Å². The summed E-state index contributed by atoms with van der Waals surface area (Å²) in [6, 6.07) is 58.7. The van der Waals surface area contributed by atoms with Gasteiger partial charge in [-0.3, -0.25) is 0 Å². The van der Waals surface area contributed by atoms with Gasteiger partial charge in [-0.2, -0.15) is 0 Å². The average Bonchev–Trinajstić information content (AvgIpc) is 3.56. The third-order valence-corrected chi connectivity index (χ3v) is 19.7. The smallest absolute Gasteiger partial charge is 0.0681 e. The van der Waals surface area contributed by atoms with E-state index in [-0.39, 0.29) is 56.7 Å². The van der Waals surface area contributed by atoms with Crippen molar-refractivity contribution in [3.63, 3.8) is 0 Å². The van der Waals surface area contributed by atoms with Crippen molar-refractivity contribution in [2.75, 3.05) is 0 Å². The molecule has 0 saturated carbocycles. The van der Waals surface area contributed by atoms with Crippen LogP contribution in [0.25, 0.3) is 21.5 Å². The Bertz CT molecular complexity index is 3090. The second-order valence-electron chi connectivity index (χ2n) is 31.9. The second-order valence-corrected chi connectivity index (χ2v) is 34.4. The predicted octanol–water partition coefficient (Wildman–Crippen LogP) is 17.2. The molecule has 0 radical (unpaired) electrons. The lowest BCUT2D eigenvalue weighted by Gasteiger charge is -2.30. The summed E-state index contributed by atoms with van der Waals surface area (Å²) in [6.07, 6.45) is 0. The maximum atomic E-state index is 2.55. The lowest BCUT2D eigenvalue weighted by molar-refractivity contribution is 0.568. The maximum Gasteiger partial charge on any atom is 0.242 e. The van der Waals surface area contributed by atoms with E-state index < -0.39 is 0 Å². The minimum Gasteiger partial charge on any atom is -0.0681 e. The lowest BCUT2D eigenvalue weighted by atomic mass is 9.35. The monoisotopic (exact) mass is 1090 g/mol. The molecule has 80 heavy (non-hydrogen) atoms. The van der Waals surface area contributed by atoms with Gasteiger partial charge in [0.15, 0.2) is 0 Å². The van der Waals surface area contributed by atoms with E-state index in [1.165, 1.54) is 125 Å². The van der Waals surface area contributed by atoms with Gasteiger partial charge in [-0.1, -0.05) is 332 Å². The number of fused-ring (bicyclic) bond motifs is 2. The summed E-state index contributed by atoms with van der Waals surface area (Å²) in [4.78, 5) is 0. The van der Waals surface area contributed by atoms with Gasteiger partial charge in [0.2, 0.25) is 13.4 Å². The van der Waals surface area contributed by atoms with Gasteiger partial charge < -0.3 is 0 Å². The zero-order chi connectivity index (χ0) is 59.1. The zero-order valence-electron chi connectivity index (χ0n) is 53.9. The summed E-state index contributed by atoms with van der Waals surface area (Å²) in [5.41, 5.74) is 19.0. The first kappa shape index (κ1) is 61.1. The van der Waals surface area contributed by atoms with Crippen LogP contribution >= 0.6 is 15.7 Å². The number of rotatable bonds is 8. The molecule has 0 N–H and O–H groups in total. The fraction of sp³-hybridized carbons (Fsp3) is 0.421. The average molecular weight is 1090 g/mol. The zero-order valence-corrected chi connectivity index (χ0v) is 55.7. The van der Waals surface area contributed by atoms with Crippen LogP contribution in [0.5, 0.6) is 0 Å². The highest BCUT2D eigenvalue weighted by Crippen LogP contribution is 2.34. The Kier molecular flexibility index (Phi) is 16.5. The first-order valence-electron chi connectivity index (χ1n) is 29.8. The van der Waals surface area contributed by atoms with Gasteiger partial charge in [-0.25, -0.2) is 0 Å². The SMILES string of the molecule is CC(C)(C)c1cc(B(c2cc(C(C)(C)C)cc(C(C)(C)C)c2)c2cccc3cccc(P=Pc4cccc5cccc(B(c6cc(C(C)(C)C)cc(C(C)(C)C)c6)c6cc(C(C)(C)C)cc(C(C)(C)C)c6)c45)c23)cc(C(C)(C)C)c1. The maximum absolute atomic E-state index is 2.55. The Morgan fingerprint density at radius 2 is 0.425 bits per heavy atom. The van der Waals surface area contributed by atoms with Crippen LogP contribution in [0.3, 0.4) is 0 Å². The number of hydrogen-bond donors (Lipinski definition) is 0. The van der Waals surface area contributed by atoms with Crippen LogP contribution in [0, 0.1) is 0 Å². The Morgan fingerprint density at radius 1 is 0.237 bits per heavy atom. The van der Waals surface area contributed by atoms with Crippen molar-refractivity contribution in [1.29, 1.82) is 0 Å². The molecule has 416 valence electrons. The van der Waals surface area contributed by atoms with Gasteiger partial charge in [0.05, 0.1) is 0 Å². The molecule has 0 nitrogen and oxygen atoms in total.